The lowest BCUT2D eigenvalue weighted by Gasteiger charge is -2.14. The molecule has 0 amide bonds. The first kappa shape index (κ1) is 10.6. The predicted octanol–water partition coefficient (Wildman–Crippen LogP) is 2.38. The molecular weight excluding hydrogens is 178 g/mol. The summed E-state index contributed by atoms with van der Waals surface area (Å²) in [7, 11) is 3.24. The Kier molecular flexibility index (Phi) is 3.12. The van der Waals surface area contributed by atoms with Gasteiger partial charge in [0.1, 0.15) is 0 Å². The first-order chi connectivity index (χ1) is 6.60. The maximum absolute atomic E-state index is 9.58. The van der Waals surface area contributed by atoms with Crippen LogP contribution in [0.4, 0.5) is 0 Å². The molecule has 0 fully saturated rings. The molecule has 0 spiro atoms. The Morgan fingerprint density at radius 2 is 2.00 bits per heavy atom. The van der Waals surface area contributed by atoms with Crippen molar-refractivity contribution < 1.29 is 9.84 Å². The molecule has 0 aliphatic heterocycles. The van der Waals surface area contributed by atoms with Crippen molar-refractivity contribution in [2.75, 3.05) is 14.2 Å². The van der Waals surface area contributed by atoms with E-state index in [0.29, 0.717) is 5.76 Å². The highest BCUT2D eigenvalue weighted by Crippen LogP contribution is 2.21. The minimum atomic E-state index is 0.149. The summed E-state index contributed by atoms with van der Waals surface area (Å²) >= 11 is 0. The van der Waals surface area contributed by atoms with Crippen LogP contribution in [0.15, 0.2) is 39.8 Å². The molecule has 0 saturated carbocycles. The second kappa shape index (κ2) is 4.13. The van der Waals surface area contributed by atoms with Gasteiger partial charge in [-0.1, -0.05) is 5.57 Å². The van der Waals surface area contributed by atoms with Gasteiger partial charge in [-0.3, -0.25) is 4.99 Å². The lowest BCUT2D eigenvalue weighted by atomic mass is 9.99. The molecule has 1 aliphatic carbocycles. The average molecular weight is 193 g/mol. The molecule has 0 bridgehead atoms. The normalized spacial score (nSPS) is 19.1. The van der Waals surface area contributed by atoms with Gasteiger partial charge in [-0.25, -0.2) is 0 Å². The van der Waals surface area contributed by atoms with Gasteiger partial charge in [0.15, 0.2) is 11.5 Å². The standard InChI is InChI=1S/C11H15NO2/c1-7(2)8-5-10(13)11(14-4)6-9(8)12-3/h5-6,13H,1-4H3. The third-order valence-corrected chi connectivity index (χ3v) is 2.08. The van der Waals surface area contributed by atoms with E-state index in [0.717, 1.165) is 16.9 Å². The summed E-state index contributed by atoms with van der Waals surface area (Å²) in [6.45, 7) is 3.96. The number of allylic oxidation sites excluding steroid dienone is 4. The van der Waals surface area contributed by atoms with E-state index in [9.17, 15) is 5.11 Å². The van der Waals surface area contributed by atoms with Crippen LogP contribution in [0.25, 0.3) is 0 Å². The number of aliphatic hydroxyl groups is 1. The molecule has 0 unspecified atom stereocenters. The Hall–Kier alpha value is -1.51. The van der Waals surface area contributed by atoms with Crippen molar-refractivity contribution in [3.8, 4) is 0 Å². The minimum Gasteiger partial charge on any atom is -0.504 e. The smallest absolute Gasteiger partial charge is 0.162 e. The summed E-state index contributed by atoms with van der Waals surface area (Å²) in [4.78, 5) is 4.13. The van der Waals surface area contributed by atoms with Crippen molar-refractivity contribution in [1.29, 1.82) is 0 Å². The first-order valence-corrected chi connectivity index (χ1v) is 4.41. The van der Waals surface area contributed by atoms with Crippen LogP contribution in [0.2, 0.25) is 0 Å². The molecule has 0 atom stereocenters. The van der Waals surface area contributed by atoms with Gasteiger partial charge in [-0.05, 0) is 19.9 Å². The molecular formula is C11H15NO2. The molecule has 0 saturated heterocycles. The molecule has 76 valence electrons. The third-order valence-electron chi connectivity index (χ3n) is 2.08. The van der Waals surface area contributed by atoms with Crippen LogP contribution in [-0.4, -0.2) is 25.0 Å². The second-order valence-electron chi connectivity index (χ2n) is 3.26. The summed E-state index contributed by atoms with van der Waals surface area (Å²) in [6, 6.07) is 0. The summed E-state index contributed by atoms with van der Waals surface area (Å²) < 4.78 is 5.00. The molecule has 1 N–H and O–H groups in total. The fourth-order valence-corrected chi connectivity index (χ4v) is 1.31. The third kappa shape index (κ3) is 1.87. The maximum atomic E-state index is 9.58. The average Bonchev–Trinajstić information content (AvgIpc) is 2.17. The number of hydrogen-bond donors (Lipinski definition) is 1. The zero-order chi connectivity index (χ0) is 10.7. The van der Waals surface area contributed by atoms with Gasteiger partial charge < -0.3 is 9.84 Å². The maximum Gasteiger partial charge on any atom is 0.162 e. The molecule has 0 heterocycles. The van der Waals surface area contributed by atoms with Gasteiger partial charge in [0.2, 0.25) is 0 Å². The Morgan fingerprint density at radius 3 is 2.43 bits per heavy atom. The number of rotatable bonds is 1. The molecule has 0 aromatic heterocycles. The zero-order valence-electron chi connectivity index (χ0n) is 8.96. The van der Waals surface area contributed by atoms with E-state index < -0.39 is 0 Å². The van der Waals surface area contributed by atoms with E-state index >= 15 is 0 Å². The Morgan fingerprint density at radius 1 is 1.36 bits per heavy atom. The summed E-state index contributed by atoms with van der Waals surface area (Å²) in [5, 5.41) is 9.58. The van der Waals surface area contributed by atoms with E-state index in [2.05, 4.69) is 4.99 Å². The molecule has 3 nitrogen and oxygen atoms in total. The number of methoxy groups -OCH3 is 1. The molecule has 0 aromatic rings. The number of hydrogen-bond acceptors (Lipinski definition) is 3. The minimum absolute atomic E-state index is 0.149. The highest BCUT2D eigenvalue weighted by Gasteiger charge is 2.15. The molecule has 1 rings (SSSR count). The molecule has 14 heavy (non-hydrogen) atoms. The van der Waals surface area contributed by atoms with Crippen LogP contribution in [0.1, 0.15) is 13.8 Å². The topological polar surface area (TPSA) is 41.8 Å². The lowest BCUT2D eigenvalue weighted by Crippen LogP contribution is -2.09. The fourth-order valence-electron chi connectivity index (χ4n) is 1.31. The van der Waals surface area contributed by atoms with Gasteiger partial charge in [-0.15, -0.1) is 0 Å². The van der Waals surface area contributed by atoms with Gasteiger partial charge in [0, 0.05) is 18.7 Å². The highest BCUT2D eigenvalue weighted by molar-refractivity contribution is 6.12. The van der Waals surface area contributed by atoms with Crippen LogP contribution in [-0.2, 0) is 4.74 Å². The number of nitrogens with zero attached hydrogens (tertiary/aromatic N) is 1. The lowest BCUT2D eigenvalue weighted by molar-refractivity contribution is 0.256. The fraction of sp³-hybridized carbons (Fsp3) is 0.364. The van der Waals surface area contributed by atoms with E-state index in [1.54, 1.807) is 19.2 Å². The van der Waals surface area contributed by atoms with Crippen molar-refractivity contribution in [3.05, 3.63) is 34.8 Å². The van der Waals surface area contributed by atoms with Crippen molar-refractivity contribution >= 4 is 5.71 Å². The van der Waals surface area contributed by atoms with Crippen molar-refractivity contribution in [2.45, 2.75) is 13.8 Å². The van der Waals surface area contributed by atoms with Crippen molar-refractivity contribution in [2.24, 2.45) is 4.99 Å². The molecule has 3 heteroatoms. The number of aliphatic imine (C=N–C) groups is 1. The first-order valence-electron chi connectivity index (χ1n) is 4.41. The monoisotopic (exact) mass is 193 g/mol. The Labute approximate surface area is 84.1 Å². The SMILES string of the molecule is CN=C1C=C(OC)C(O)=CC1=C(C)C. The highest BCUT2D eigenvalue weighted by atomic mass is 16.5. The summed E-state index contributed by atoms with van der Waals surface area (Å²) in [5.41, 5.74) is 2.90. The van der Waals surface area contributed by atoms with Gasteiger partial charge >= 0.3 is 0 Å². The van der Waals surface area contributed by atoms with E-state index in [-0.39, 0.29) is 5.76 Å². The van der Waals surface area contributed by atoms with Crippen LogP contribution >= 0.6 is 0 Å². The van der Waals surface area contributed by atoms with Gasteiger partial charge in [0.25, 0.3) is 0 Å². The van der Waals surface area contributed by atoms with Crippen LogP contribution in [0.3, 0.4) is 0 Å². The van der Waals surface area contributed by atoms with E-state index in [4.69, 9.17) is 4.74 Å². The van der Waals surface area contributed by atoms with Crippen LogP contribution in [0.5, 0.6) is 0 Å². The van der Waals surface area contributed by atoms with E-state index in [1.807, 2.05) is 13.8 Å². The molecule has 0 radical (unpaired) electrons. The summed E-state index contributed by atoms with van der Waals surface area (Å²) in [6.07, 6.45) is 3.41. The Balaban J connectivity index is 3.22. The van der Waals surface area contributed by atoms with Crippen LogP contribution in [0, 0.1) is 0 Å². The molecule has 0 aromatic carbocycles. The number of aliphatic hydroxyl groups excluding tert-OH is 1. The van der Waals surface area contributed by atoms with Gasteiger partial charge in [0.05, 0.1) is 12.8 Å². The quantitative estimate of drug-likeness (QED) is 0.694. The van der Waals surface area contributed by atoms with Crippen molar-refractivity contribution in [1.82, 2.24) is 0 Å². The molecule has 1 aliphatic rings. The van der Waals surface area contributed by atoms with Gasteiger partial charge in [-0.2, -0.15) is 0 Å². The predicted molar refractivity (Wildman–Crippen MR) is 57.5 cm³/mol. The zero-order valence-corrected chi connectivity index (χ0v) is 8.96. The largest absolute Gasteiger partial charge is 0.504 e. The number of ether oxygens (including phenoxy) is 1. The second-order valence-corrected chi connectivity index (χ2v) is 3.26. The van der Waals surface area contributed by atoms with Crippen molar-refractivity contribution in [3.63, 3.8) is 0 Å². The Bertz CT molecular complexity index is 355. The van der Waals surface area contributed by atoms with Crippen LogP contribution < -0.4 is 0 Å². The van der Waals surface area contributed by atoms with E-state index in [1.165, 1.54) is 7.11 Å². The summed E-state index contributed by atoms with van der Waals surface area (Å²) in [5.74, 6) is 0.603.